The van der Waals surface area contributed by atoms with E-state index in [-0.39, 0.29) is 0 Å². The number of hydrogen-bond acceptors (Lipinski definition) is 6. The fraction of sp³-hybridized carbons (Fsp3) is 0.0800. The second-order valence-corrected chi connectivity index (χ2v) is 8.54. The molecule has 0 saturated carbocycles. The number of anilines is 1. The molecule has 1 aliphatic heterocycles. The molecule has 158 valence electrons. The van der Waals surface area contributed by atoms with Crippen LogP contribution in [0.3, 0.4) is 0 Å². The summed E-state index contributed by atoms with van der Waals surface area (Å²) in [6.07, 6.45) is 3.60. The molecule has 1 atom stereocenters. The molecule has 7 heteroatoms. The lowest BCUT2D eigenvalue weighted by atomic mass is 10.1. The van der Waals surface area contributed by atoms with Crippen LogP contribution in [0.25, 0.3) is 17.3 Å². The monoisotopic (exact) mass is 458 g/mol. The summed E-state index contributed by atoms with van der Waals surface area (Å²) in [5, 5.41) is 13.5. The average molecular weight is 459 g/mol. The first-order valence-corrected chi connectivity index (χ1v) is 11.5. The molecular formula is C25H19ClN4OS. The average Bonchev–Trinajstić information content (AvgIpc) is 2.99. The van der Waals surface area contributed by atoms with Crippen molar-refractivity contribution in [3.63, 3.8) is 0 Å². The third-order valence-electron chi connectivity index (χ3n) is 4.90. The normalized spacial score (nSPS) is 14.7. The molecule has 3 aromatic carbocycles. The van der Waals surface area contributed by atoms with Crippen molar-refractivity contribution in [1.82, 2.24) is 15.2 Å². The standard InChI is InChI=1S/C25H19ClN4OS/c26-19-13-10-18(11-14-19)16-32-25-28-24-23(29-30-25)20-8-4-5-9-21(20)27-22(31-24)15-12-17-6-2-1-3-7-17/h1-15,22,27H,16H2. The lowest BCUT2D eigenvalue weighted by Gasteiger charge is -2.15. The van der Waals surface area contributed by atoms with Gasteiger partial charge in [-0.1, -0.05) is 90.1 Å². The largest absolute Gasteiger partial charge is 0.448 e. The Morgan fingerprint density at radius 3 is 2.56 bits per heavy atom. The molecule has 5 rings (SSSR count). The Bertz CT molecular complexity index is 1250. The zero-order chi connectivity index (χ0) is 21.8. The highest BCUT2D eigenvalue weighted by Gasteiger charge is 2.23. The quantitative estimate of drug-likeness (QED) is 0.353. The van der Waals surface area contributed by atoms with Crippen molar-refractivity contribution in [2.75, 3.05) is 5.32 Å². The van der Waals surface area contributed by atoms with Crippen LogP contribution >= 0.6 is 23.4 Å². The number of aromatic nitrogens is 3. The van der Waals surface area contributed by atoms with Gasteiger partial charge in [-0.25, -0.2) is 0 Å². The maximum atomic E-state index is 6.23. The number of fused-ring (bicyclic) bond motifs is 3. The smallest absolute Gasteiger partial charge is 0.247 e. The van der Waals surface area contributed by atoms with Crippen molar-refractivity contribution in [3.8, 4) is 17.1 Å². The molecule has 5 nitrogen and oxygen atoms in total. The molecule has 0 radical (unpaired) electrons. The van der Waals surface area contributed by atoms with Crippen LogP contribution in [0, 0.1) is 0 Å². The first-order chi connectivity index (χ1) is 15.7. The topological polar surface area (TPSA) is 59.9 Å². The lowest BCUT2D eigenvalue weighted by molar-refractivity contribution is 0.266. The zero-order valence-corrected chi connectivity index (χ0v) is 18.6. The summed E-state index contributed by atoms with van der Waals surface area (Å²) in [4.78, 5) is 4.68. The van der Waals surface area contributed by atoms with Crippen LogP contribution in [0.5, 0.6) is 5.88 Å². The molecule has 1 N–H and O–H groups in total. The van der Waals surface area contributed by atoms with E-state index in [1.807, 2.05) is 91.0 Å². The molecule has 0 amide bonds. The first-order valence-electron chi connectivity index (χ1n) is 10.1. The molecule has 0 saturated heterocycles. The number of nitrogens with zero attached hydrogens (tertiary/aromatic N) is 3. The zero-order valence-electron chi connectivity index (χ0n) is 17.0. The van der Waals surface area contributed by atoms with Gasteiger partial charge in [0.15, 0.2) is 11.9 Å². The van der Waals surface area contributed by atoms with E-state index in [9.17, 15) is 0 Å². The fourth-order valence-electron chi connectivity index (χ4n) is 3.31. The Morgan fingerprint density at radius 1 is 0.938 bits per heavy atom. The maximum absolute atomic E-state index is 6.23. The summed E-state index contributed by atoms with van der Waals surface area (Å²) in [6, 6.07) is 25.8. The van der Waals surface area contributed by atoms with Gasteiger partial charge in [-0.3, -0.25) is 0 Å². The second kappa shape index (κ2) is 9.42. The van der Waals surface area contributed by atoms with E-state index in [0.717, 1.165) is 27.4 Å². The predicted molar refractivity (Wildman–Crippen MR) is 130 cm³/mol. The molecule has 32 heavy (non-hydrogen) atoms. The molecule has 1 aromatic heterocycles. The summed E-state index contributed by atoms with van der Waals surface area (Å²) < 4.78 is 6.23. The Kier molecular flexibility index (Phi) is 6.05. The van der Waals surface area contributed by atoms with Gasteiger partial charge >= 0.3 is 0 Å². The molecule has 2 heterocycles. The number of ether oxygens (including phenoxy) is 1. The SMILES string of the molecule is Clc1ccc(CSc2nnc3c(n2)OC(C=Cc2ccccc2)Nc2ccccc2-3)cc1. The van der Waals surface area contributed by atoms with Crippen LogP contribution in [-0.4, -0.2) is 21.4 Å². The van der Waals surface area contributed by atoms with E-state index >= 15 is 0 Å². The summed E-state index contributed by atoms with van der Waals surface area (Å²) in [5.41, 5.74) is 4.68. The van der Waals surface area contributed by atoms with Crippen molar-refractivity contribution < 1.29 is 4.74 Å². The van der Waals surface area contributed by atoms with Gasteiger partial charge in [0, 0.05) is 22.0 Å². The minimum Gasteiger partial charge on any atom is -0.448 e. The van der Waals surface area contributed by atoms with Gasteiger partial charge < -0.3 is 10.1 Å². The van der Waals surface area contributed by atoms with E-state index < -0.39 is 6.23 Å². The highest BCUT2D eigenvalue weighted by molar-refractivity contribution is 7.98. The van der Waals surface area contributed by atoms with Crippen LogP contribution in [-0.2, 0) is 5.75 Å². The van der Waals surface area contributed by atoms with Crippen molar-refractivity contribution in [2.45, 2.75) is 17.1 Å². The van der Waals surface area contributed by atoms with E-state index in [0.29, 0.717) is 22.5 Å². The second-order valence-electron chi connectivity index (χ2n) is 7.16. The maximum Gasteiger partial charge on any atom is 0.247 e. The Morgan fingerprint density at radius 2 is 1.72 bits per heavy atom. The highest BCUT2D eigenvalue weighted by Crippen LogP contribution is 2.36. The summed E-state index contributed by atoms with van der Waals surface area (Å²) in [7, 11) is 0. The van der Waals surface area contributed by atoms with Crippen molar-refractivity contribution >= 4 is 35.1 Å². The minimum atomic E-state index is -0.400. The van der Waals surface area contributed by atoms with Crippen molar-refractivity contribution in [3.05, 3.63) is 101 Å². The Balaban J connectivity index is 1.42. The van der Waals surface area contributed by atoms with Gasteiger partial charge in [0.25, 0.3) is 0 Å². The molecule has 0 fully saturated rings. The van der Waals surface area contributed by atoms with Gasteiger partial charge in [-0.05, 0) is 35.4 Å². The van der Waals surface area contributed by atoms with Gasteiger partial charge in [0.05, 0.1) is 0 Å². The van der Waals surface area contributed by atoms with Gasteiger partial charge in [0.1, 0.15) is 0 Å². The molecule has 0 spiro atoms. The first kappa shape index (κ1) is 20.5. The highest BCUT2D eigenvalue weighted by atomic mass is 35.5. The van der Waals surface area contributed by atoms with Crippen LogP contribution < -0.4 is 10.1 Å². The van der Waals surface area contributed by atoms with E-state index in [2.05, 4.69) is 20.5 Å². The van der Waals surface area contributed by atoms with Gasteiger partial charge in [0.2, 0.25) is 11.0 Å². The minimum absolute atomic E-state index is 0.400. The lowest BCUT2D eigenvalue weighted by Crippen LogP contribution is -2.23. The third-order valence-corrected chi connectivity index (χ3v) is 6.06. The number of thioether (sulfide) groups is 1. The number of halogens is 1. The van der Waals surface area contributed by atoms with Crippen LogP contribution in [0.1, 0.15) is 11.1 Å². The number of hydrogen-bond donors (Lipinski definition) is 1. The third kappa shape index (κ3) is 4.77. The van der Waals surface area contributed by atoms with Crippen LogP contribution in [0.4, 0.5) is 5.69 Å². The number of rotatable bonds is 5. The molecule has 1 unspecified atom stereocenters. The summed E-state index contributed by atoms with van der Waals surface area (Å²) in [5.74, 6) is 1.17. The molecule has 0 aliphatic carbocycles. The predicted octanol–water partition coefficient (Wildman–Crippen LogP) is 6.33. The molecule has 0 bridgehead atoms. The fourth-order valence-corrected chi connectivity index (χ4v) is 4.17. The van der Waals surface area contributed by atoms with Crippen molar-refractivity contribution in [1.29, 1.82) is 0 Å². The Labute approximate surface area is 195 Å². The van der Waals surface area contributed by atoms with E-state index in [1.54, 1.807) is 0 Å². The number of para-hydroxylation sites is 1. The van der Waals surface area contributed by atoms with E-state index in [1.165, 1.54) is 11.8 Å². The van der Waals surface area contributed by atoms with Crippen LogP contribution in [0.2, 0.25) is 5.02 Å². The molecule has 4 aromatic rings. The van der Waals surface area contributed by atoms with Crippen molar-refractivity contribution in [2.24, 2.45) is 0 Å². The van der Waals surface area contributed by atoms with Gasteiger partial charge in [-0.15, -0.1) is 10.2 Å². The Hall–Kier alpha value is -3.35. The van der Waals surface area contributed by atoms with Gasteiger partial charge in [-0.2, -0.15) is 4.98 Å². The number of benzene rings is 3. The molecular weight excluding hydrogens is 440 g/mol. The van der Waals surface area contributed by atoms with Crippen LogP contribution in [0.15, 0.2) is 90.1 Å². The van der Waals surface area contributed by atoms with E-state index in [4.69, 9.17) is 16.3 Å². The summed E-state index contributed by atoms with van der Waals surface area (Å²) in [6.45, 7) is 0. The summed E-state index contributed by atoms with van der Waals surface area (Å²) >= 11 is 7.48. The molecule has 1 aliphatic rings. The number of nitrogens with one attached hydrogen (secondary N) is 1.